The highest BCUT2D eigenvalue weighted by Crippen LogP contribution is 2.30. The van der Waals surface area contributed by atoms with Crippen molar-refractivity contribution >= 4 is 33.7 Å². The normalized spacial score (nSPS) is 11.4. The average molecular weight is 372 g/mol. The Labute approximate surface area is 154 Å². The zero-order valence-electron chi connectivity index (χ0n) is 15.1. The number of thiophene rings is 1. The van der Waals surface area contributed by atoms with Crippen molar-refractivity contribution in [3.8, 4) is 11.5 Å². The molecule has 7 heteroatoms. The molecule has 0 bridgehead atoms. The molecule has 0 radical (unpaired) electrons. The van der Waals surface area contributed by atoms with E-state index in [9.17, 15) is 9.59 Å². The van der Waals surface area contributed by atoms with Crippen LogP contribution in [0, 0.1) is 6.92 Å². The molecule has 3 aromatic rings. The molecular formula is C19H20N2O4S. The van der Waals surface area contributed by atoms with E-state index in [1.54, 1.807) is 21.1 Å². The molecule has 0 saturated heterocycles. The maximum atomic E-state index is 12.5. The van der Waals surface area contributed by atoms with E-state index < -0.39 is 0 Å². The highest BCUT2D eigenvalue weighted by molar-refractivity contribution is 7.19. The van der Waals surface area contributed by atoms with E-state index in [4.69, 9.17) is 9.47 Å². The fourth-order valence-electron chi connectivity index (χ4n) is 2.84. The molecule has 1 N–H and O–H groups in total. The molecule has 0 aliphatic heterocycles. The minimum atomic E-state index is -0.373. The van der Waals surface area contributed by atoms with Gasteiger partial charge in [-0.3, -0.25) is 14.3 Å². The Kier molecular flexibility index (Phi) is 4.99. The first kappa shape index (κ1) is 18.0. The number of fused-ring (bicyclic) bond motifs is 1. The van der Waals surface area contributed by atoms with Gasteiger partial charge in [-0.2, -0.15) is 0 Å². The summed E-state index contributed by atoms with van der Waals surface area (Å²) < 4.78 is 11.8. The Morgan fingerprint density at radius 3 is 2.54 bits per heavy atom. The summed E-state index contributed by atoms with van der Waals surface area (Å²) in [5.41, 5.74) is 1.19. The first-order valence-electron chi connectivity index (χ1n) is 8.16. The minimum absolute atomic E-state index is 0.245. The van der Waals surface area contributed by atoms with Gasteiger partial charge in [-0.25, -0.2) is 4.79 Å². The molecule has 0 atom stereocenters. The smallest absolute Gasteiger partial charge is 0.329 e. The van der Waals surface area contributed by atoms with Crippen molar-refractivity contribution in [3.63, 3.8) is 0 Å². The number of nitrogens with zero attached hydrogens (tertiary/aromatic N) is 1. The number of benzene rings is 1. The van der Waals surface area contributed by atoms with Gasteiger partial charge in [0.1, 0.15) is 4.83 Å². The molecule has 0 aliphatic rings. The fraction of sp³-hybridized carbons (Fsp3) is 0.263. The zero-order chi connectivity index (χ0) is 18.8. The third-order valence-corrected chi connectivity index (χ3v) is 5.43. The van der Waals surface area contributed by atoms with Crippen molar-refractivity contribution in [2.75, 3.05) is 14.2 Å². The van der Waals surface area contributed by atoms with Gasteiger partial charge in [0.25, 0.3) is 5.56 Å². The van der Waals surface area contributed by atoms with Crippen LogP contribution >= 0.6 is 11.3 Å². The van der Waals surface area contributed by atoms with E-state index in [-0.39, 0.29) is 11.2 Å². The SMILES string of the molecule is CCn1c(=O)[nH]c2sc(C=Cc3ccc(OC)c(OC)c3)c(C)c2c1=O. The Hall–Kier alpha value is -2.80. The Balaban J connectivity index is 2.06. The van der Waals surface area contributed by atoms with Gasteiger partial charge in [0.15, 0.2) is 11.5 Å². The van der Waals surface area contributed by atoms with Crippen LogP contribution in [0.1, 0.15) is 22.9 Å². The molecule has 2 aromatic heterocycles. The first-order valence-corrected chi connectivity index (χ1v) is 8.98. The molecule has 1 aromatic carbocycles. The average Bonchev–Trinajstić information content (AvgIpc) is 2.95. The molecule has 3 rings (SSSR count). The van der Waals surface area contributed by atoms with Gasteiger partial charge >= 0.3 is 5.69 Å². The summed E-state index contributed by atoms with van der Waals surface area (Å²) >= 11 is 1.40. The summed E-state index contributed by atoms with van der Waals surface area (Å²) in [6.45, 7) is 4.02. The molecule has 136 valence electrons. The molecule has 0 amide bonds. The number of hydrogen-bond donors (Lipinski definition) is 1. The number of ether oxygens (including phenoxy) is 2. The van der Waals surface area contributed by atoms with Crippen molar-refractivity contribution in [1.82, 2.24) is 9.55 Å². The Bertz CT molecular complexity index is 1110. The van der Waals surface area contributed by atoms with Crippen molar-refractivity contribution in [2.45, 2.75) is 20.4 Å². The highest BCUT2D eigenvalue weighted by atomic mass is 32.1. The second-order valence-corrected chi connectivity index (χ2v) is 6.77. The maximum Gasteiger partial charge on any atom is 0.329 e. The number of aryl methyl sites for hydroxylation is 1. The van der Waals surface area contributed by atoms with Gasteiger partial charge in [0, 0.05) is 11.4 Å². The maximum absolute atomic E-state index is 12.5. The van der Waals surface area contributed by atoms with Crippen LogP contribution in [-0.2, 0) is 6.54 Å². The van der Waals surface area contributed by atoms with E-state index in [0.29, 0.717) is 28.3 Å². The molecule has 0 aliphatic carbocycles. The summed E-state index contributed by atoms with van der Waals surface area (Å²) in [5.74, 6) is 1.32. The third-order valence-electron chi connectivity index (χ3n) is 4.26. The number of methoxy groups -OCH3 is 2. The highest BCUT2D eigenvalue weighted by Gasteiger charge is 2.14. The van der Waals surface area contributed by atoms with Gasteiger partial charge in [-0.1, -0.05) is 12.1 Å². The van der Waals surface area contributed by atoms with Gasteiger partial charge in [0.2, 0.25) is 0 Å². The van der Waals surface area contributed by atoms with Gasteiger partial charge < -0.3 is 9.47 Å². The summed E-state index contributed by atoms with van der Waals surface area (Å²) in [6.07, 6.45) is 3.88. The third kappa shape index (κ3) is 3.06. The van der Waals surface area contributed by atoms with Crippen LogP contribution in [0.25, 0.3) is 22.4 Å². The van der Waals surface area contributed by atoms with E-state index in [1.165, 1.54) is 15.9 Å². The predicted octanol–water partition coefficient (Wildman–Crippen LogP) is 3.27. The summed E-state index contributed by atoms with van der Waals surface area (Å²) in [4.78, 5) is 28.9. The zero-order valence-corrected chi connectivity index (χ0v) is 15.9. The molecular weight excluding hydrogens is 352 g/mol. The standard InChI is InChI=1S/C19H20N2O4S/c1-5-21-18(22)16-11(2)15(26-17(16)20-19(21)23)9-7-12-6-8-13(24-3)14(10-12)25-4/h6-10H,5H2,1-4H3,(H,20,23). The van der Waals surface area contributed by atoms with Gasteiger partial charge in [0.05, 0.1) is 19.6 Å². The molecule has 0 unspecified atom stereocenters. The summed E-state index contributed by atoms with van der Waals surface area (Å²) in [5, 5.41) is 0.573. The number of hydrogen-bond acceptors (Lipinski definition) is 5. The van der Waals surface area contributed by atoms with Crippen molar-refractivity contribution in [3.05, 3.63) is 55.0 Å². The summed E-state index contributed by atoms with van der Waals surface area (Å²) in [7, 11) is 3.19. The second kappa shape index (κ2) is 7.21. The molecule has 6 nitrogen and oxygen atoms in total. The van der Waals surface area contributed by atoms with Crippen LogP contribution in [0.15, 0.2) is 27.8 Å². The quantitative estimate of drug-likeness (QED) is 0.746. The Morgan fingerprint density at radius 2 is 1.88 bits per heavy atom. The van der Waals surface area contributed by atoms with Crippen LogP contribution in [0.3, 0.4) is 0 Å². The number of nitrogens with one attached hydrogen (secondary N) is 1. The number of rotatable bonds is 5. The number of H-pyrrole nitrogens is 1. The van der Waals surface area contributed by atoms with Crippen LogP contribution in [0.4, 0.5) is 0 Å². The lowest BCUT2D eigenvalue weighted by Gasteiger charge is -2.07. The molecule has 0 spiro atoms. The first-order chi connectivity index (χ1) is 12.5. The van der Waals surface area contributed by atoms with E-state index >= 15 is 0 Å². The lowest BCUT2D eigenvalue weighted by atomic mass is 10.1. The summed E-state index contributed by atoms with van der Waals surface area (Å²) in [6, 6.07) is 5.64. The predicted molar refractivity (Wildman–Crippen MR) is 106 cm³/mol. The monoisotopic (exact) mass is 372 g/mol. The topological polar surface area (TPSA) is 73.3 Å². The molecule has 26 heavy (non-hydrogen) atoms. The molecule has 0 saturated carbocycles. The lowest BCUT2D eigenvalue weighted by molar-refractivity contribution is 0.355. The van der Waals surface area contributed by atoms with E-state index in [0.717, 1.165) is 16.0 Å². The number of aromatic amines is 1. The lowest BCUT2D eigenvalue weighted by Crippen LogP contribution is -2.34. The van der Waals surface area contributed by atoms with Crippen LogP contribution in [0.2, 0.25) is 0 Å². The molecule has 0 fully saturated rings. The van der Waals surface area contributed by atoms with Crippen LogP contribution < -0.4 is 20.7 Å². The van der Waals surface area contributed by atoms with Gasteiger partial charge in [-0.05, 0) is 43.2 Å². The van der Waals surface area contributed by atoms with Crippen molar-refractivity contribution in [2.24, 2.45) is 0 Å². The van der Waals surface area contributed by atoms with Crippen LogP contribution in [0.5, 0.6) is 11.5 Å². The number of aromatic nitrogens is 2. The Morgan fingerprint density at radius 1 is 1.15 bits per heavy atom. The van der Waals surface area contributed by atoms with Crippen molar-refractivity contribution < 1.29 is 9.47 Å². The largest absolute Gasteiger partial charge is 0.493 e. The second-order valence-electron chi connectivity index (χ2n) is 5.72. The van der Waals surface area contributed by atoms with Crippen molar-refractivity contribution in [1.29, 1.82) is 0 Å². The van der Waals surface area contributed by atoms with Crippen LogP contribution in [-0.4, -0.2) is 23.8 Å². The minimum Gasteiger partial charge on any atom is -0.493 e. The van der Waals surface area contributed by atoms with E-state index in [1.807, 2.05) is 37.3 Å². The van der Waals surface area contributed by atoms with Gasteiger partial charge in [-0.15, -0.1) is 11.3 Å². The molecule has 2 heterocycles. The fourth-order valence-corrected chi connectivity index (χ4v) is 3.93. The van der Waals surface area contributed by atoms with E-state index in [2.05, 4.69) is 4.98 Å².